The maximum atomic E-state index is 5.36. The van der Waals surface area contributed by atoms with Crippen LogP contribution in [-0.4, -0.2) is 17.6 Å². The SMILES string of the molecule is C#CC(CC)Nc1cccc(OCC)n1. The highest BCUT2D eigenvalue weighted by Gasteiger charge is 2.03. The average Bonchev–Trinajstić information content (AvgIpc) is 2.27. The van der Waals surface area contributed by atoms with Gasteiger partial charge >= 0.3 is 0 Å². The molecule has 1 atom stereocenters. The van der Waals surface area contributed by atoms with Crippen molar-refractivity contribution in [1.29, 1.82) is 0 Å². The Balaban J connectivity index is 2.69. The molecule has 0 aliphatic heterocycles. The van der Waals surface area contributed by atoms with E-state index in [1.54, 1.807) is 0 Å². The predicted octanol–water partition coefficient (Wildman–Crippen LogP) is 2.30. The van der Waals surface area contributed by atoms with E-state index in [-0.39, 0.29) is 6.04 Å². The van der Waals surface area contributed by atoms with Gasteiger partial charge in [0.25, 0.3) is 0 Å². The Bertz CT molecular complexity index is 344. The predicted molar refractivity (Wildman–Crippen MR) is 61.9 cm³/mol. The lowest BCUT2D eigenvalue weighted by atomic mass is 10.2. The molecule has 1 rings (SSSR count). The number of nitrogens with one attached hydrogen (secondary N) is 1. The van der Waals surface area contributed by atoms with Crippen LogP contribution in [0.3, 0.4) is 0 Å². The second-order valence-electron chi connectivity index (χ2n) is 3.07. The molecule has 0 bridgehead atoms. The average molecular weight is 204 g/mol. The van der Waals surface area contributed by atoms with E-state index in [4.69, 9.17) is 11.2 Å². The van der Waals surface area contributed by atoms with Crippen LogP contribution in [0, 0.1) is 12.3 Å². The highest BCUT2D eigenvalue weighted by molar-refractivity contribution is 5.39. The molecule has 0 radical (unpaired) electrons. The number of nitrogens with zero attached hydrogens (tertiary/aromatic N) is 1. The number of terminal acetylenes is 1. The molecule has 80 valence electrons. The van der Waals surface area contributed by atoms with E-state index in [0.717, 1.165) is 12.2 Å². The van der Waals surface area contributed by atoms with Crippen LogP contribution in [0.2, 0.25) is 0 Å². The molecule has 0 fully saturated rings. The smallest absolute Gasteiger partial charge is 0.215 e. The molecule has 0 amide bonds. The molecule has 1 aromatic heterocycles. The summed E-state index contributed by atoms with van der Waals surface area (Å²) in [6, 6.07) is 5.62. The summed E-state index contributed by atoms with van der Waals surface area (Å²) in [4.78, 5) is 4.27. The van der Waals surface area contributed by atoms with Gasteiger partial charge in [0.15, 0.2) is 0 Å². The number of aromatic nitrogens is 1. The molecule has 3 nitrogen and oxygen atoms in total. The van der Waals surface area contributed by atoms with Crippen molar-refractivity contribution in [2.75, 3.05) is 11.9 Å². The summed E-state index contributed by atoms with van der Waals surface area (Å²) in [5.41, 5.74) is 0. The van der Waals surface area contributed by atoms with Gasteiger partial charge in [-0.15, -0.1) is 6.42 Å². The Hall–Kier alpha value is -1.69. The van der Waals surface area contributed by atoms with E-state index >= 15 is 0 Å². The van der Waals surface area contributed by atoms with Crippen LogP contribution in [0.4, 0.5) is 5.82 Å². The fraction of sp³-hybridized carbons (Fsp3) is 0.417. The topological polar surface area (TPSA) is 34.1 Å². The van der Waals surface area contributed by atoms with Gasteiger partial charge in [-0.25, -0.2) is 0 Å². The monoisotopic (exact) mass is 204 g/mol. The van der Waals surface area contributed by atoms with Gasteiger partial charge in [0, 0.05) is 6.07 Å². The molecule has 0 spiro atoms. The van der Waals surface area contributed by atoms with Crippen LogP contribution in [0.15, 0.2) is 18.2 Å². The number of hydrogen-bond donors (Lipinski definition) is 1. The van der Waals surface area contributed by atoms with Gasteiger partial charge in [-0.1, -0.05) is 18.9 Å². The maximum absolute atomic E-state index is 5.36. The first-order valence-electron chi connectivity index (χ1n) is 5.12. The van der Waals surface area contributed by atoms with Gasteiger partial charge in [-0.2, -0.15) is 4.98 Å². The fourth-order valence-corrected chi connectivity index (χ4v) is 1.16. The minimum Gasteiger partial charge on any atom is -0.478 e. The van der Waals surface area contributed by atoms with Crippen molar-refractivity contribution in [2.24, 2.45) is 0 Å². The van der Waals surface area contributed by atoms with Gasteiger partial charge in [0.05, 0.1) is 12.6 Å². The van der Waals surface area contributed by atoms with Crippen LogP contribution >= 0.6 is 0 Å². The number of anilines is 1. The normalized spacial score (nSPS) is 11.5. The molecule has 1 aromatic rings. The summed E-state index contributed by atoms with van der Waals surface area (Å²) in [5, 5.41) is 3.15. The Morgan fingerprint density at radius 2 is 2.33 bits per heavy atom. The van der Waals surface area contributed by atoms with Crippen molar-refractivity contribution in [3.63, 3.8) is 0 Å². The zero-order chi connectivity index (χ0) is 11.1. The van der Waals surface area contributed by atoms with Gasteiger partial charge in [0.1, 0.15) is 5.82 Å². The molecule has 1 N–H and O–H groups in total. The first-order valence-corrected chi connectivity index (χ1v) is 5.12. The molecule has 0 aliphatic rings. The summed E-state index contributed by atoms with van der Waals surface area (Å²) in [7, 11) is 0. The lowest BCUT2D eigenvalue weighted by molar-refractivity contribution is 0.327. The molecular formula is C12H16N2O. The van der Waals surface area contributed by atoms with Crippen LogP contribution in [0.25, 0.3) is 0 Å². The van der Waals surface area contributed by atoms with E-state index in [0.29, 0.717) is 12.5 Å². The van der Waals surface area contributed by atoms with Gasteiger partial charge in [-0.05, 0) is 19.4 Å². The number of pyridine rings is 1. The molecule has 15 heavy (non-hydrogen) atoms. The molecule has 1 heterocycles. The molecule has 0 aliphatic carbocycles. The first kappa shape index (κ1) is 11.4. The fourth-order valence-electron chi connectivity index (χ4n) is 1.16. The van der Waals surface area contributed by atoms with Gasteiger partial charge in [0.2, 0.25) is 5.88 Å². The van der Waals surface area contributed by atoms with E-state index in [9.17, 15) is 0 Å². The van der Waals surface area contributed by atoms with E-state index in [1.807, 2.05) is 32.0 Å². The van der Waals surface area contributed by atoms with Crippen molar-refractivity contribution in [3.8, 4) is 18.2 Å². The summed E-state index contributed by atoms with van der Waals surface area (Å²) in [5.74, 6) is 4.03. The second-order valence-corrected chi connectivity index (χ2v) is 3.07. The minimum absolute atomic E-state index is 0.0226. The molecule has 0 aromatic carbocycles. The first-order chi connectivity index (χ1) is 7.30. The summed E-state index contributed by atoms with van der Waals surface area (Å²) in [6.07, 6.45) is 6.23. The standard InChI is InChI=1S/C12H16N2O/c1-4-10(5-2)13-11-8-7-9-12(14-11)15-6-3/h1,7-10H,5-6H2,2-3H3,(H,13,14). The Kier molecular flexibility index (Phi) is 4.49. The molecule has 3 heteroatoms. The van der Waals surface area contributed by atoms with E-state index in [2.05, 4.69) is 16.2 Å². The van der Waals surface area contributed by atoms with Crippen molar-refractivity contribution in [1.82, 2.24) is 4.98 Å². The van der Waals surface area contributed by atoms with Crippen molar-refractivity contribution in [3.05, 3.63) is 18.2 Å². The van der Waals surface area contributed by atoms with E-state index < -0.39 is 0 Å². The highest BCUT2D eigenvalue weighted by Crippen LogP contribution is 2.12. The molecule has 0 saturated carbocycles. The minimum atomic E-state index is 0.0226. The van der Waals surface area contributed by atoms with Crippen LogP contribution in [-0.2, 0) is 0 Å². The second kappa shape index (κ2) is 5.92. The molecule has 0 saturated heterocycles. The van der Waals surface area contributed by atoms with Crippen molar-refractivity contribution >= 4 is 5.82 Å². The van der Waals surface area contributed by atoms with Crippen LogP contribution in [0.5, 0.6) is 5.88 Å². The number of hydrogen-bond acceptors (Lipinski definition) is 3. The lowest BCUT2D eigenvalue weighted by Crippen LogP contribution is -2.16. The Morgan fingerprint density at radius 1 is 1.53 bits per heavy atom. The quantitative estimate of drug-likeness (QED) is 0.747. The largest absolute Gasteiger partial charge is 0.478 e. The van der Waals surface area contributed by atoms with Crippen molar-refractivity contribution < 1.29 is 4.74 Å². The third-order valence-corrected chi connectivity index (χ3v) is 1.95. The molecule has 1 unspecified atom stereocenters. The number of rotatable bonds is 5. The number of ether oxygens (including phenoxy) is 1. The third-order valence-electron chi connectivity index (χ3n) is 1.95. The van der Waals surface area contributed by atoms with Crippen LogP contribution < -0.4 is 10.1 Å². The Labute approximate surface area is 90.9 Å². The zero-order valence-corrected chi connectivity index (χ0v) is 9.16. The van der Waals surface area contributed by atoms with Crippen LogP contribution in [0.1, 0.15) is 20.3 Å². The zero-order valence-electron chi connectivity index (χ0n) is 9.16. The lowest BCUT2D eigenvalue weighted by Gasteiger charge is -2.11. The van der Waals surface area contributed by atoms with Crippen molar-refractivity contribution in [2.45, 2.75) is 26.3 Å². The molecular weight excluding hydrogens is 188 g/mol. The third kappa shape index (κ3) is 3.51. The maximum Gasteiger partial charge on any atom is 0.215 e. The van der Waals surface area contributed by atoms with E-state index in [1.165, 1.54) is 0 Å². The Morgan fingerprint density at radius 3 is 2.93 bits per heavy atom. The summed E-state index contributed by atoms with van der Waals surface area (Å²) < 4.78 is 5.29. The summed E-state index contributed by atoms with van der Waals surface area (Å²) in [6.45, 7) is 4.57. The highest BCUT2D eigenvalue weighted by atomic mass is 16.5. The van der Waals surface area contributed by atoms with Gasteiger partial charge in [-0.3, -0.25) is 0 Å². The van der Waals surface area contributed by atoms with Gasteiger partial charge < -0.3 is 10.1 Å². The summed E-state index contributed by atoms with van der Waals surface area (Å²) >= 11 is 0.